The van der Waals surface area contributed by atoms with Gasteiger partial charge in [-0.3, -0.25) is 0 Å². The average Bonchev–Trinajstić information content (AvgIpc) is 2.70. The van der Waals surface area contributed by atoms with Crippen molar-refractivity contribution in [3.8, 4) is 0 Å². The molecule has 0 rings (SSSR count). The van der Waals surface area contributed by atoms with Crippen molar-refractivity contribution in [1.82, 2.24) is 5.32 Å². The molecular formula is C19H43NO4Si3. The van der Waals surface area contributed by atoms with Gasteiger partial charge in [0.25, 0.3) is 0 Å². The number of hydrogen-bond acceptors (Lipinski definition) is 4. The van der Waals surface area contributed by atoms with Crippen LogP contribution in [0.15, 0.2) is 12.8 Å². The van der Waals surface area contributed by atoms with Gasteiger partial charge in [0.2, 0.25) is 0 Å². The molecule has 0 radical (unpaired) electrons. The highest BCUT2D eigenvalue weighted by Crippen LogP contribution is 2.28. The van der Waals surface area contributed by atoms with Crippen LogP contribution in [0.1, 0.15) is 48.0 Å². The number of hydrogen-bond donors (Lipinski definition) is 1. The summed E-state index contributed by atoms with van der Waals surface area (Å²) in [7, 11) is -3.90. The van der Waals surface area contributed by atoms with Crippen molar-refractivity contribution in [2.75, 3.05) is 6.54 Å². The predicted molar refractivity (Wildman–Crippen MR) is 123 cm³/mol. The van der Waals surface area contributed by atoms with Crippen LogP contribution in [0, 0.1) is 0 Å². The van der Waals surface area contributed by atoms with E-state index in [1.807, 2.05) is 0 Å². The van der Waals surface area contributed by atoms with Crippen LogP contribution in [0.2, 0.25) is 42.3 Å². The molecule has 0 aromatic carbocycles. The van der Waals surface area contributed by atoms with E-state index in [1.54, 1.807) is 0 Å². The fraction of sp³-hybridized carbons (Fsp3) is 0.842. The Morgan fingerprint density at radius 1 is 0.963 bits per heavy atom. The summed E-state index contributed by atoms with van der Waals surface area (Å²) in [6.45, 7) is 17.7. The molecule has 8 heteroatoms. The van der Waals surface area contributed by atoms with Crippen LogP contribution in [-0.2, 0) is 13.6 Å². The van der Waals surface area contributed by atoms with Crippen molar-refractivity contribution >= 4 is 32.2 Å². The van der Waals surface area contributed by atoms with Crippen molar-refractivity contribution in [2.24, 2.45) is 0 Å². The third-order valence-electron chi connectivity index (χ3n) is 5.96. The fourth-order valence-corrected chi connectivity index (χ4v) is 12.7. The van der Waals surface area contributed by atoms with Crippen LogP contribution in [0.25, 0.3) is 0 Å². The third-order valence-corrected chi connectivity index (χ3v) is 17.6. The average molecular weight is 434 g/mol. The number of alkyl carbamates (subject to hydrolysis) is 1. The highest BCUT2D eigenvalue weighted by molar-refractivity contribution is 6.75. The van der Waals surface area contributed by atoms with Gasteiger partial charge in [-0.25, -0.2) is 4.79 Å². The Kier molecular flexibility index (Phi) is 14.3. The predicted octanol–water partition coefficient (Wildman–Crippen LogP) is 5.16. The summed E-state index contributed by atoms with van der Waals surface area (Å²) in [5.41, 5.74) is 0. The minimum atomic E-state index is -1.68. The molecule has 0 aliphatic carbocycles. The summed E-state index contributed by atoms with van der Waals surface area (Å²) in [6, 6.07) is 8.03. The number of amides is 1. The molecule has 0 spiro atoms. The Hall–Kier alpha value is -0.419. The van der Waals surface area contributed by atoms with E-state index in [2.05, 4.69) is 58.2 Å². The highest BCUT2D eigenvalue weighted by Gasteiger charge is 2.37. The molecule has 0 bridgehead atoms. The molecule has 1 amide bonds. The second kappa shape index (κ2) is 14.6. The quantitative estimate of drug-likeness (QED) is 0.158. The van der Waals surface area contributed by atoms with E-state index in [9.17, 15) is 4.79 Å². The van der Waals surface area contributed by atoms with Crippen molar-refractivity contribution in [1.29, 1.82) is 0 Å². The lowest BCUT2D eigenvalue weighted by atomic mass is 10.5. The fourth-order valence-electron chi connectivity index (χ4n) is 3.44. The first-order valence-corrected chi connectivity index (χ1v) is 17.7. The molecule has 0 fully saturated rings. The van der Waals surface area contributed by atoms with Crippen LogP contribution in [0.3, 0.4) is 0 Å². The van der Waals surface area contributed by atoms with Gasteiger partial charge in [0.05, 0.1) is 15.8 Å². The van der Waals surface area contributed by atoms with Gasteiger partial charge < -0.3 is 18.9 Å². The maximum Gasteiger partial charge on any atom is 0.411 e. The molecule has 5 nitrogen and oxygen atoms in total. The van der Waals surface area contributed by atoms with Crippen LogP contribution in [-0.4, -0.2) is 44.7 Å². The summed E-state index contributed by atoms with van der Waals surface area (Å²) < 4.78 is 18.3. The summed E-state index contributed by atoms with van der Waals surface area (Å²) >= 11 is 0. The summed E-state index contributed by atoms with van der Waals surface area (Å²) in [6.07, 6.45) is 1.66. The van der Waals surface area contributed by atoms with E-state index in [4.69, 9.17) is 8.85 Å². The van der Waals surface area contributed by atoms with Gasteiger partial charge in [-0.05, 0) is 42.7 Å². The molecule has 0 aromatic rings. The van der Waals surface area contributed by atoms with E-state index in [0.29, 0.717) is 6.54 Å². The first-order chi connectivity index (χ1) is 12.9. The number of carbonyl (C=O) groups is 1. The Morgan fingerprint density at radius 2 is 1.41 bits per heavy atom. The SMILES string of the molecule is C=COC(=O)NCCC[SiH2]C(O[Si](CC)(CC)CC)O[Si](CC)(CC)CC. The molecule has 0 aliphatic heterocycles. The topological polar surface area (TPSA) is 56.8 Å². The molecule has 160 valence electrons. The van der Waals surface area contributed by atoms with Crippen LogP contribution in [0.4, 0.5) is 4.79 Å². The minimum Gasteiger partial charge on any atom is -0.419 e. The van der Waals surface area contributed by atoms with Crippen LogP contribution >= 0.6 is 0 Å². The molecular weight excluding hydrogens is 390 g/mol. The molecule has 0 saturated heterocycles. The lowest BCUT2D eigenvalue weighted by Gasteiger charge is -2.39. The zero-order valence-corrected chi connectivity index (χ0v) is 22.0. The molecule has 0 unspecified atom stereocenters. The lowest BCUT2D eigenvalue weighted by molar-refractivity contribution is 0.0530. The zero-order valence-electron chi connectivity index (χ0n) is 18.6. The van der Waals surface area contributed by atoms with Crippen LogP contribution < -0.4 is 5.32 Å². The van der Waals surface area contributed by atoms with Crippen LogP contribution in [0.5, 0.6) is 0 Å². The van der Waals surface area contributed by atoms with Gasteiger partial charge in [0.15, 0.2) is 16.6 Å². The van der Waals surface area contributed by atoms with E-state index in [1.165, 1.54) is 0 Å². The molecule has 0 aromatic heterocycles. The summed E-state index contributed by atoms with van der Waals surface area (Å²) in [5, 5.41) is 2.75. The van der Waals surface area contributed by atoms with E-state index < -0.39 is 32.2 Å². The van der Waals surface area contributed by atoms with Crippen molar-refractivity contribution < 1.29 is 18.4 Å². The van der Waals surface area contributed by atoms with Gasteiger partial charge >= 0.3 is 6.09 Å². The van der Waals surface area contributed by atoms with Gasteiger partial charge in [-0.1, -0.05) is 54.2 Å². The molecule has 0 atom stereocenters. The minimum absolute atomic E-state index is 0.0446. The second-order valence-electron chi connectivity index (χ2n) is 7.15. The number of nitrogens with one attached hydrogen (secondary N) is 1. The first-order valence-electron chi connectivity index (χ1n) is 10.8. The Bertz CT molecular complexity index is 377. The van der Waals surface area contributed by atoms with E-state index in [0.717, 1.165) is 55.0 Å². The standard InChI is InChI=1S/C19H43NO4Si3/c1-8-22-18(21)20-16-15-17-25-19(23-26(9-2,10-3)11-4)24-27(12-5,13-6)14-7/h8,19H,1,9-17,25H2,2-7H3,(H,20,21). The zero-order chi connectivity index (χ0) is 20.8. The molecule has 0 heterocycles. The number of rotatable bonds is 16. The first kappa shape index (κ1) is 26.6. The van der Waals surface area contributed by atoms with E-state index >= 15 is 0 Å². The summed E-state index contributed by atoms with van der Waals surface area (Å²) in [5.74, 6) is 0.0446. The summed E-state index contributed by atoms with van der Waals surface area (Å²) in [4.78, 5) is 11.3. The Morgan fingerprint density at radius 3 is 1.78 bits per heavy atom. The monoisotopic (exact) mass is 433 g/mol. The smallest absolute Gasteiger partial charge is 0.411 e. The maximum atomic E-state index is 11.3. The van der Waals surface area contributed by atoms with Crippen molar-refractivity contribution in [3.05, 3.63) is 12.8 Å². The van der Waals surface area contributed by atoms with Crippen molar-refractivity contribution in [3.63, 3.8) is 0 Å². The molecule has 1 N–H and O–H groups in total. The Labute approximate surface area is 171 Å². The Balaban J connectivity index is 4.87. The molecule has 0 aliphatic rings. The largest absolute Gasteiger partial charge is 0.419 e. The lowest BCUT2D eigenvalue weighted by Crippen LogP contribution is -2.49. The van der Waals surface area contributed by atoms with Crippen molar-refractivity contribution in [2.45, 2.75) is 96.2 Å². The number of carbonyl (C=O) groups excluding carboxylic acids is 1. The molecule has 27 heavy (non-hydrogen) atoms. The third kappa shape index (κ3) is 9.56. The van der Waals surface area contributed by atoms with Gasteiger partial charge in [-0.15, -0.1) is 0 Å². The highest BCUT2D eigenvalue weighted by atomic mass is 28.4. The number of ether oxygens (including phenoxy) is 1. The van der Waals surface area contributed by atoms with E-state index in [-0.39, 0.29) is 5.91 Å². The maximum absolute atomic E-state index is 11.3. The van der Waals surface area contributed by atoms with Gasteiger partial charge in [0, 0.05) is 6.54 Å². The second-order valence-corrected chi connectivity index (χ2v) is 18.5. The normalized spacial score (nSPS) is 12.7. The molecule has 0 saturated carbocycles. The van der Waals surface area contributed by atoms with Gasteiger partial charge in [-0.2, -0.15) is 0 Å². The van der Waals surface area contributed by atoms with Gasteiger partial charge in [0.1, 0.15) is 5.91 Å².